The van der Waals surface area contributed by atoms with Gasteiger partial charge >= 0.3 is 0 Å². The number of nitrogens with one attached hydrogen (secondary N) is 2. The van der Waals surface area contributed by atoms with Gasteiger partial charge in [-0.15, -0.1) is 0 Å². The fourth-order valence-electron chi connectivity index (χ4n) is 2.83. The molecule has 28 heavy (non-hydrogen) atoms. The highest BCUT2D eigenvalue weighted by atomic mass is 16.5. The molecule has 0 aliphatic carbocycles. The minimum Gasteiger partial charge on any atom is -0.497 e. The molecule has 0 saturated carbocycles. The monoisotopic (exact) mass is 375 g/mol. The number of ether oxygens (including phenoxy) is 1. The van der Waals surface area contributed by atoms with Gasteiger partial charge in [0.2, 0.25) is 0 Å². The highest BCUT2D eigenvalue weighted by molar-refractivity contribution is 5.92. The van der Waals surface area contributed by atoms with Gasteiger partial charge in [0.1, 0.15) is 11.4 Å². The lowest BCUT2D eigenvalue weighted by Gasteiger charge is -2.08. The standard InChI is InChI=1S/C23H25N3O2/c1-28-21-10-7-19(8-11-21)14-16-25-23(27)22-12-9-20(17-26-22)24-15-13-18-5-3-2-4-6-18/h2-12,17,24H,13-16H2,1H3,(H,25,27). The number of rotatable bonds is 9. The van der Waals surface area contributed by atoms with Crippen LogP contribution in [0.5, 0.6) is 5.75 Å². The molecule has 2 aromatic carbocycles. The van der Waals surface area contributed by atoms with Crippen molar-refractivity contribution < 1.29 is 9.53 Å². The first-order chi connectivity index (χ1) is 13.7. The first kappa shape index (κ1) is 19.4. The van der Waals surface area contributed by atoms with E-state index in [1.165, 1.54) is 5.56 Å². The molecule has 0 aliphatic rings. The number of hydrogen-bond acceptors (Lipinski definition) is 4. The summed E-state index contributed by atoms with van der Waals surface area (Å²) in [7, 11) is 1.65. The van der Waals surface area contributed by atoms with Crippen molar-refractivity contribution >= 4 is 11.6 Å². The Morgan fingerprint density at radius 1 is 0.893 bits per heavy atom. The second-order valence-corrected chi connectivity index (χ2v) is 6.45. The van der Waals surface area contributed by atoms with E-state index < -0.39 is 0 Å². The van der Waals surface area contributed by atoms with E-state index in [1.54, 1.807) is 19.4 Å². The predicted octanol–water partition coefficient (Wildman–Crippen LogP) is 3.72. The number of pyridine rings is 1. The zero-order chi connectivity index (χ0) is 19.6. The lowest BCUT2D eigenvalue weighted by Crippen LogP contribution is -2.26. The summed E-state index contributed by atoms with van der Waals surface area (Å²) in [5.41, 5.74) is 3.76. The number of methoxy groups -OCH3 is 1. The summed E-state index contributed by atoms with van der Waals surface area (Å²) >= 11 is 0. The summed E-state index contributed by atoms with van der Waals surface area (Å²) in [5, 5.41) is 6.24. The van der Waals surface area contributed by atoms with Crippen LogP contribution in [0.3, 0.4) is 0 Å². The molecule has 0 saturated heterocycles. The van der Waals surface area contributed by atoms with E-state index in [-0.39, 0.29) is 5.91 Å². The van der Waals surface area contributed by atoms with Crippen LogP contribution in [0.2, 0.25) is 0 Å². The van der Waals surface area contributed by atoms with E-state index in [1.807, 2.05) is 48.5 Å². The zero-order valence-corrected chi connectivity index (χ0v) is 16.0. The normalized spacial score (nSPS) is 10.3. The van der Waals surface area contributed by atoms with Crippen LogP contribution in [-0.4, -0.2) is 31.1 Å². The molecule has 3 aromatic rings. The zero-order valence-electron chi connectivity index (χ0n) is 16.0. The van der Waals surface area contributed by atoms with Crippen molar-refractivity contribution in [2.75, 3.05) is 25.5 Å². The Labute approximate surface area is 165 Å². The van der Waals surface area contributed by atoms with Crippen molar-refractivity contribution in [3.8, 4) is 5.75 Å². The van der Waals surface area contributed by atoms with Crippen LogP contribution in [0.25, 0.3) is 0 Å². The van der Waals surface area contributed by atoms with Crippen LogP contribution in [0.1, 0.15) is 21.6 Å². The number of benzene rings is 2. The van der Waals surface area contributed by atoms with Crippen molar-refractivity contribution in [2.24, 2.45) is 0 Å². The number of anilines is 1. The Balaban J connectivity index is 1.41. The second-order valence-electron chi connectivity index (χ2n) is 6.45. The quantitative estimate of drug-likeness (QED) is 0.598. The molecule has 5 nitrogen and oxygen atoms in total. The van der Waals surface area contributed by atoms with Gasteiger partial charge in [0.05, 0.1) is 19.0 Å². The van der Waals surface area contributed by atoms with Crippen molar-refractivity contribution in [1.29, 1.82) is 0 Å². The van der Waals surface area contributed by atoms with E-state index in [4.69, 9.17) is 4.74 Å². The SMILES string of the molecule is COc1ccc(CCNC(=O)c2ccc(NCCc3ccccc3)cn2)cc1. The van der Waals surface area contributed by atoms with Gasteiger partial charge < -0.3 is 15.4 Å². The Kier molecular flexibility index (Phi) is 7.01. The van der Waals surface area contributed by atoms with Crippen molar-refractivity contribution in [3.05, 3.63) is 89.7 Å². The molecule has 2 N–H and O–H groups in total. The molecular weight excluding hydrogens is 350 g/mol. The number of amides is 1. The Bertz CT molecular complexity index is 863. The minimum atomic E-state index is -0.163. The van der Waals surface area contributed by atoms with Gasteiger partial charge in [-0.3, -0.25) is 4.79 Å². The topological polar surface area (TPSA) is 63.2 Å². The van der Waals surface area contributed by atoms with Crippen molar-refractivity contribution in [3.63, 3.8) is 0 Å². The lowest BCUT2D eigenvalue weighted by molar-refractivity contribution is 0.0949. The number of hydrogen-bond donors (Lipinski definition) is 2. The van der Waals surface area contributed by atoms with Crippen LogP contribution in [-0.2, 0) is 12.8 Å². The molecule has 1 aromatic heterocycles. The van der Waals surface area contributed by atoms with Crippen molar-refractivity contribution in [2.45, 2.75) is 12.8 Å². The average Bonchev–Trinajstić information content (AvgIpc) is 2.75. The fourth-order valence-corrected chi connectivity index (χ4v) is 2.83. The van der Waals surface area contributed by atoms with Crippen LogP contribution in [0.4, 0.5) is 5.69 Å². The molecule has 0 unspecified atom stereocenters. The smallest absolute Gasteiger partial charge is 0.269 e. The summed E-state index contributed by atoms with van der Waals surface area (Å²) in [5.74, 6) is 0.666. The molecule has 1 heterocycles. The summed E-state index contributed by atoms with van der Waals surface area (Å²) in [6, 6.07) is 21.8. The van der Waals surface area contributed by atoms with Crippen LogP contribution in [0.15, 0.2) is 72.9 Å². The van der Waals surface area contributed by atoms with Crippen LogP contribution in [0, 0.1) is 0 Å². The van der Waals surface area contributed by atoms with Crippen LogP contribution < -0.4 is 15.4 Å². The van der Waals surface area contributed by atoms with Gasteiger partial charge in [0, 0.05) is 13.1 Å². The number of nitrogens with zero attached hydrogens (tertiary/aromatic N) is 1. The van der Waals surface area contributed by atoms with Gasteiger partial charge in [0.25, 0.3) is 5.91 Å². The number of aromatic nitrogens is 1. The van der Waals surface area contributed by atoms with Gasteiger partial charge in [-0.05, 0) is 48.2 Å². The molecule has 0 spiro atoms. The number of carbonyl (C=O) groups is 1. The molecule has 1 amide bonds. The van der Waals surface area contributed by atoms with E-state index in [0.29, 0.717) is 12.2 Å². The van der Waals surface area contributed by atoms with Gasteiger partial charge in [-0.1, -0.05) is 42.5 Å². The summed E-state index contributed by atoms with van der Waals surface area (Å²) < 4.78 is 5.14. The first-order valence-corrected chi connectivity index (χ1v) is 9.39. The fraction of sp³-hybridized carbons (Fsp3) is 0.217. The highest BCUT2D eigenvalue weighted by Gasteiger charge is 2.06. The molecule has 3 rings (SSSR count). The molecule has 5 heteroatoms. The van der Waals surface area contributed by atoms with Gasteiger partial charge in [0.15, 0.2) is 0 Å². The maximum absolute atomic E-state index is 12.2. The van der Waals surface area contributed by atoms with E-state index >= 15 is 0 Å². The Morgan fingerprint density at radius 2 is 1.61 bits per heavy atom. The number of carbonyl (C=O) groups excluding carboxylic acids is 1. The van der Waals surface area contributed by atoms with E-state index in [2.05, 4.69) is 27.8 Å². The van der Waals surface area contributed by atoms with Gasteiger partial charge in [-0.25, -0.2) is 4.98 Å². The first-order valence-electron chi connectivity index (χ1n) is 9.39. The second kappa shape index (κ2) is 10.1. The van der Waals surface area contributed by atoms with Crippen molar-refractivity contribution in [1.82, 2.24) is 10.3 Å². The molecule has 144 valence electrons. The average molecular weight is 375 g/mol. The third kappa shape index (κ3) is 5.84. The summed E-state index contributed by atoms with van der Waals surface area (Å²) in [6.07, 6.45) is 3.40. The van der Waals surface area contributed by atoms with E-state index in [9.17, 15) is 4.79 Å². The maximum atomic E-state index is 12.2. The lowest BCUT2D eigenvalue weighted by atomic mass is 10.1. The third-order valence-electron chi connectivity index (χ3n) is 4.44. The van der Waals surface area contributed by atoms with Gasteiger partial charge in [-0.2, -0.15) is 0 Å². The molecule has 0 fully saturated rings. The maximum Gasteiger partial charge on any atom is 0.269 e. The van der Waals surface area contributed by atoms with Crippen LogP contribution >= 0.6 is 0 Å². The molecule has 0 aliphatic heterocycles. The largest absolute Gasteiger partial charge is 0.497 e. The highest BCUT2D eigenvalue weighted by Crippen LogP contribution is 2.11. The Morgan fingerprint density at radius 3 is 2.29 bits per heavy atom. The molecular formula is C23H25N3O2. The molecule has 0 bridgehead atoms. The third-order valence-corrected chi connectivity index (χ3v) is 4.44. The Hall–Kier alpha value is -3.34. The molecule has 0 atom stereocenters. The summed E-state index contributed by atoms with van der Waals surface area (Å²) in [6.45, 7) is 1.38. The minimum absolute atomic E-state index is 0.163. The summed E-state index contributed by atoms with van der Waals surface area (Å²) in [4.78, 5) is 16.5. The molecule has 0 radical (unpaired) electrons. The van der Waals surface area contributed by atoms with E-state index in [0.717, 1.165) is 36.4 Å². The predicted molar refractivity (Wildman–Crippen MR) is 112 cm³/mol.